The Labute approximate surface area is 130 Å². The van der Waals surface area contributed by atoms with Crippen LogP contribution in [0.5, 0.6) is 0 Å². The molecule has 0 atom stereocenters. The fraction of sp³-hybridized carbons (Fsp3) is 0.684. The summed E-state index contributed by atoms with van der Waals surface area (Å²) in [4.78, 5) is 2.63. The van der Waals surface area contributed by atoms with E-state index in [1.54, 1.807) is 0 Å². The zero-order valence-electron chi connectivity index (χ0n) is 14.1. The minimum atomic E-state index is 0.228. The van der Waals surface area contributed by atoms with Crippen LogP contribution in [0.15, 0.2) is 24.3 Å². The maximum atomic E-state index is 3.58. The van der Waals surface area contributed by atoms with Crippen LogP contribution in [-0.4, -0.2) is 31.1 Å². The molecular weight excluding hydrogens is 256 g/mol. The first kappa shape index (κ1) is 16.4. The second-order valence-electron chi connectivity index (χ2n) is 7.37. The molecule has 1 fully saturated rings. The second kappa shape index (κ2) is 7.84. The molecule has 1 aliphatic rings. The molecule has 0 aliphatic carbocycles. The molecule has 0 spiro atoms. The Bertz CT molecular complexity index is 414. The van der Waals surface area contributed by atoms with E-state index >= 15 is 0 Å². The second-order valence-corrected chi connectivity index (χ2v) is 7.37. The van der Waals surface area contributed by atoms with E-state index < -0.39 is 0 Å². The molecule has 1 saturated heterocycles. The molecule has 2 nitrogen and oxygen atoms in total. The quantitative estimate of drug-likeness (QED) is 0.766. The molecule has 0 bridgehead atoms. The molecule has 0 saturated carbocycles. The summed E-state index contributed by atoms with van der Waals surface area (Å²) in [5.41, 5.74) is 2.90. The van der Waals surface area contributed by atoms with Crippen molar-refractivity contribution < 1.29 is 0 Å². The number of unbranched alkanes of at least 4 members (excludes halogenated alkanes) is 1. The fourth-order valence-corrected chi connectivity index (χ4v) is 2.97. The predicted molar refractivity (Wildman–Crippen MR) is 93.2 cm³/mol. The van der Waals surface area contributed by atoms with Crippen molar-refractivity contribution in [3.8, 4) is 0 Å². The van der Waals surface area contributed by atoms with Gasteiger partial charge in [-0.1, -0.05) is 39.3 Å². The molecule has 2 rings (SSSR count). The molecule has 0 amide bonds. The van der Waals surface area contributed by atoms with Gasteiger partial charge in [-0.2, -0.15) is 0 Å². The number of piperidine rings is 1. The average Bonchev–Trinajstić information content (AvgIpc) is 2.47. The Kier molecular flexibility index (Phi) is 6.10. The number of rotatable bonds is 6. The molecule has 1 aromatic rings. The molecule has 1 aromatic carbocycles. The normalized spacial score (nSPS) is 16.9. The van der Waals surface area contributed by atoms with Crippen molar-refractivity contribution in [2.45, 2.75) is 58.3 Å². The highest BCUT2D eigenvalue weighted by Gasteiger charge is 2.13. The van der Waals surface area contributed by atoms with Gasteiger partial charge in [0.25, 0.3) is 0 Å². The summed E-state index contributed by atoms with van der Waals surface area (Å²) < 4.78 is 0. The summed E-state index contributed by atoms with van der Waals surface area (Å²) in [7, 11) is 0. The highest BCUT2D eigenvalue weighted by molar-refractivity contribution is 5.47. The summed E-state index contributed by atoms with van der Waals surface area (Å²) in [6, 6.07) is 8.86. The molecule has 1 heterocycles. The van der Waals surface area contributed by atoms with Gasteiger partial charge in [0, 0.05) is 12.2 Å². The zero-order chi connectivity index (χ0) is 15.1. The highest BCUT2D eigenvalue weighted by atomic mass is 15.1. The number of anilines is 1. The first-order chi connectivity index (χ1) is 10.1. The standard InChI is InChI=1S/C19H32N2/c1-19(2,3)17-10-9-11-18(16-17)20-12-5-8-15-21-13-6-4-7-14-21/h9-11,16,20H,4-8,12-15H2,1-3H3. The van der Waals surface area contributed by atoms with Gasteiger partial charge in [-0.3, -0.25) is 0 Å². The van der Waals surface area contributed by atoms with Crippen LogP contribution in [-0.2, 0) is 5.41 Å². The fourth-order valence-electron chi connectivity index (χ4n) is 2.97. The van der Waals surface area contributed by atoms with Gasteiger partial charge in [0.05, 0.1) is 0 Å². The lowest BCUT2D eigenvalue weighted by Crippen LogP contribution is -2.30. The lowest BCUT2D eigenvalue weighted by molar-refractivity contribution is 0.225. The Morgan fingerprint density at radius 2 is 1.81 bits per heavy atom. The van der Waals surface area contributed by atoms with E-state index in [-0.39, 0.29) is 5.41 Å². The van der Waals surface area contributed by atoms with Crippen molar-refractivity contribution in [2.75, 3.05) is 31.5 Å². The van der Waals surface area contributed by atoms with Crippen molar-refractivity contribution in [2.24, 2.45) is 0 Å². The van der Waals surface area contributed by atoms with Gasteiger partial charge in [-0.05, 0) is 68.4 Å². The van der Waals surface area contributed by atoms with Crippen LogP contribution in [0, 0.1) is 0 Å². The molecule has 2 heteroatoms. The average molecular weight is 288 g/mol. The smallest absolute Gasteiger partial charge is 0.0343 e. The van der Waals surface area contributed by atoms with Crippen LogP contribution in [0.4, 0.5) is 5.69 Å². The first-order valence-electron chi connectivity index (χ1n) is 8.62. The van der Waals surface area contributed by atoms with Crippen LogP contribution in [0.2, 0.25) is 0 Å². The van der Waals surface area contributed by atoms with Crippen LogP contribution in [0.3, 0.4) is 0 Å². The molecule has 1 aliphatic heterocycles. The lowest BCUT2D eigenvalue weighted by Gasteiger charge is -2.26. The van der Waals surface area contributed by atoms with Crippen LogP contribution >= 0.6 is 0 Å². The largest absolute Gasteiger partial charge is 0.385 e. The lowest BCUT2D eigenvalue weighted by atomic mass is 9.87. The van der Waals surface area contributed by atoms with E-state index in [0.717, 1.165) is 6.54 Å². The van der Waals surface area contributed by atoms with Gasteiger partial charge in [-0.25, -0.2) is 0 Å². The SMILES string of the molecule is CC(C)(C)c1cccc(NCCCCN2CCCCC2)c1. The van der Waals surface area contributed by atoms with Gasteiger partial charge in [0.15, 0.2) is 0 Å². The molecule has 1 N–H and O–H groups in total. The molecule has 0 aromatic heterocycles. The minimum absolute atomic E-state index is 0.228. The molecule has 0 unspecified atom stereocenters. The Morgan fingerprint density at radius 3 is 2.52 bits per heavy atom. The van der Waals surface area contributed by atoms with Crippen molar-refractivity contribution in [3.05, 3.63) is 29.8 Å². The summed E-state index contributed by atoms with van der Waals surface area (Å²) in [5, 5.41) is 3.58. The summed E-state index contributed by atoms with van der Waals surface area (Å²) in [6.07, 6.45) is 6.81. The number of hydrogen-bond donors (Lipinski definition) is 1. The van der Waals surface area contributed by atoms with Gasteiger partial charge >= 0.3 is 0 Å². The Hall–Kier alpha value is -1.02. The summed E-state index contributed by atoms with van der Waals surface area (Å²) in [6.45, 7) is 11.8. The Morgan fingerprint density at radius 1 is 1.05 bits per heavy atom. The number of likely N-dealkylation sites (tertiary alicyclic amines) is 1. The number of hydrogen-bond acceptors (Lipinski definition) is 2. The van der Waals surface area contributed by atoms with Gasteiger partial charge in [0.2, 0.25) is 0 Å². The van der Waals surface area contributed by atoms with Crippen LogP contribution in [0.1, 0.15) is 58.4 Å². The van der Waals surface area contributed by atoms with Gasteiger partial charge < -0.3 is 10.2 Å². The van der Waals surface area contributed by atoms with E-state index in [0.29, 0.717) is 0 Å². The van der Waals surface area contributed by atoms with Crippen molar-refractivity contribution in [1.29, 1.82) is 0 Å². The number of benzene rings is 1. The van der Waals surface area contributed by atoms with E-state index in [1.165, 1.54) is 63.0 Å². The molecule has 0 radical (unpaired) electrons. The van der Waals surface area contributed by atoms with Crippen molar-refractivity contribution in [1.82, 2.24) is 4.90 Å². The maximum Gasteiger partial charge on any atom is 0.0343 e. The third-order valence-corrected chi connectivity index (χ3v) is 4.41. The number of nitrogens with zero attached hydrogens (tertiary/aromatic N) is 1. The molecule has 118 valence electrons. The third kappa shape index (κ3) is 5.70. The molecule has 21 heavy (non-hydrogen) atoms. The van der Waals surface area contributed by atoms with E-state index in [2.05, 4.69) is 55.3 Å². The summed E-state index contributed by atoms with van der Waals surface area (Å²) >= 11 is 0. The topological polar surface area (TPSA) is 15.3 Å². The minimum Gasteiger partial charge on any atom is -0.385 e. The first-order valence-corrected chi connectivity index (χ1v) is 8.62. The predicted octanol–water partition coefficient (Wildman–Crippen LogP) is 4.66. The van der Waals surface area contributed by atoms with Crippen LogP contribution < -0.4 is 5.32 Å². The Balaban J connectivity index is 1.66. The highest BCUT2D eigenvalue weighted by Crippen LogP contribution is 2.24. The van der Waals surface area contributed by atoms with Crippen LogP contribution in [0.25, 0.3) is 0 Å². The van der Waals surface area contributed by atoms with Crippen molar-refractivity contribution >= 4 is 5.69 Å². The van der Waals surface area contributed by atoms with E-state index in [4.69, 9.17) is 0 Å². The zero-order valence-corrected chi connectivity index (χ0v) is 14.1. The van der Waals surface area contributed by atoms with Crippen molar-refractivity contribution in [3.63, 3.8) is 0 Å². The van der Waals surface area contributed by atoms with E-state index in [1.807, 2.05) is 0 Å². The third-order valence-electron chi connectivity index (χ3n) is 4.41. The maximum absolute atomic E-state index is 3.58. The molecular formula is C19H32N2. The monoisotopic (exact) mass is 288 g/mol. The van der Waals surface area contributed by atoms with Gasteiger partial charge in [-0.15, -0.1) is 0 Å². The van der Waals surface area contributed by atoms with Gasteiger partial charge in [0.1, 0.15) is 0 Å². The summed E-state index contributed by atoms with van der Waals surface area (Å²) in [5.74, 6) is 0. The van der Waals surface area contributed by atoms with E-state index in [9.17, 15) is 0 Å². The number of nitrogens with one attached hydrogen (secondary N) is 1.